The first kappa shape index (κ1) is 12.5. The van der Waals surface area contributed by atoms with Gasteiger partial charge in [0.15, 0.2) is 0 Å². The minimum atomic E-state index is -0.592. The fourth-order valence-corrected chi connectivity index (χ4v) is 1.50. The fourth-order valence-electron chi connectivity index (χ4n) is 1.50. The lowest BCUT2D eigenvalue weighted by Gasteiger charge is -2.08. The van der Waals surface area contributed by atoms with Crippen molar-refractivity contribution in [2.45, 2.75) is 20.0 Å². The van der Waals surface area contributed by atoms with Gasteiger partial charge >= 0.3 is 0 Å². The zero-order valence-corrected chi connectivity index (χ0v) is 10.2. The lowest BCUT2D eigenvalue weighted by atomic mass is 10.2. The molecule has 0 saturated carbocycles. The summed E-state index contributed by atoms with van der Waals surface area (Å²) in [5.74, 6) is 0.393. The molecule has 18 heavy (non-hydrogen) atoms. The molecular formula is C14H14FNO2. The summed E-state index contributed by atoms with van der Waals surface area (Å²) < 4.78 is 18.8. The molecule has 0 spiro atoms. The van der Waals surface area contributed by atoms with Crippen molar-refractivity contribution in [2.24, 2.45) is 0 Å². The molecule has 3 nitrogen and oxygen atoms in total. The zero-order chi connectivity index (χ0) is 13.1. The van der Waals surface area contributed by atoms with Gasteiger partial charge < -0.3 is 9.84 Å². The average molecular weight is 247 g/mol. The third-order valence-corrected chi connectivity index (χ3v) is 2.61. The number of aliphatic hydroxyl groups is 1. The zero-order valence-electron chi connectivity index (χ0n) is 10.2. The first-order chi connectivity index (χ1) is 8.56. The fraction of sp³-hybridized carbons (Fsp3) is 0.214. The SMILES string of the molecule is Cc1ccc(Oc2cc([C@H](C)O)ccn2)cc1F. The van der Waals surface area contributed by atoms with Crippen molar-refractivity contribution in [3.8, 4) is 11.6 Å². The van der Waals surface area contributed by atoms with E-state index in [0.29, 0.717) is 22.8 Å². The summed E-state index contributed by atoms with van der Waals surface area (Å²) in [6, 6.07) is 7.96. The van der Waals surface area contributed by atoms with Gasteiger partial charge in [0.1, 0.15) is 11.6 Å². The largest absolute Gasteiger partial charge is 0.439 e. The lowest BCUT2D eigenvalue weighted by Crippen LogP contribution is -1.94. The third kappa shape index (κ3) is 2.84. The van der Waals surface area contributed by atoms with Crippen LogP contribution in [0, 0.1) is 12.7 Å². The molecule has 1 heterocycles. The minimum Gasteiger partial charge on any atom is -0.439 e. The van der Waals surface area contributed by atoms with Crippen LogP contribution in [-0.4, -0.2) is 10.1 Å². The van der Waals surface area contributed by atoms with E-state index in [2.05, 4.69) is 4.98 Å². The molecule has 2 rings (SSSR count). The van der Waals surface area contributed by atoms with Gasteiger partial charge in [0.25, 0.3) is 0 Å². The predicted octanol–water partition coefficient (Wildman–Crippen LogP) is 3.37. The van der Waals surface area contributed by atoms with E-state index in [9.17, 15) is 9.50 Å². The van der Waals surface area contributed by atoms with Gasteiger partial charge in [-0.2, -0.15) is 0 Å². The summed E-state index contributed by atoms with van der Waals surface area (Å²) in [5.41, 5.74) is 1.26. The number of hydrogen-bond acceptors (Lipinski definition) is 3. The van der Waals surface area contributed by atoms with Crippen molar-refractivity contribution in [1.82, 2.24) is 4.98 Å². The van der Waals surface area contributed by atoms with E-state index >= 15 is 0 Å². The molecule has 0 unspecified atom stereocenters. The number of hydrogen-bond donors (Lipinski definition) is 1. The van der Waals surface area contributed by atoms with Gasteiger partial charge in [-0.15, -0.1) is 0 Å². The Hall–Kier alpha value is -1.94. The summed E-state index contributed by atoms with van der Waals surface area (Å²) in [6.07, 6.45) is 0.951. The monoisotopic (exact) mass is 247 g/mol. The maximum absolute atomic E-state index is 13.3. The van der Waals surface area contributed by atoms with Gasteiger partial charge in [0, 0.05) is 18.3 Å². The number of aromatic nitrogens is 1. The standard InChI is InChI=1S/C14H14FNO2/c1-9-3-4-12(8-13(9)15)18-14-7-11(10(2)17)5-6-16-14/h3-8,10,17H,1-2H3/t10-/m0/s1. The molecule has 0 fully saturated rings. The molecule has 0 bridgehead atoms. The molecule has 2 aromatic rings. The predicted molar refractivity (Wildman–Crippen MR) is 66.1 cm³/mol. The van der Waals surface area contributed by atoms with Crippen LogP contribution in [0.4, 0.5) is 4.39 Å². The van der Waals surface area contributed by atoms with Gasteiger partial charge in [-0.25, -0.2) is 9.37 Å². The smallest absolute Gasteiger partial charge is 0.219 e. The number of ether oxygens (including phenoxy) is 1. The van der Waals surface area contributed by atoms with Crippen LogP contribution >= 0.6 is 0 Å². The Morgan fingerprint density at radius 3 is 2.72 bits per heavy atom. The molecule has 1 aromatic heterocycles. The van der Waals surface area contributed by atoms with Crippen molar-refractivity contribution < 1.29 is 14.2 Å². The summed E-state index contributed by atoms with van der Waals surface area (Å²) in [6.45, 7) is 3.34. The van der Waals surface area contributed by atoms with Crippen molar-refractivity contribution in [2.75, 3.05) is 0 Å². The Labute approximate surface area is 105 Å². The first-order valence-corrected chi connectivity index (χ1v) is 5.64. The highest BCUT2D eigenvalue weighted by Gasteiger charge is 2.06. The molecule has 0 radical (unpaired) electrons. The normalized spacial score (nSPS) is 12.2. The Balaban J connectivity index is 2.23. The molecule has 94 valence electrons. The van der Waals surface area contributed by atoms with E-state index in [1.165, 1.54) is 6.07 Å². The van der Waals surface area contributed by atoms with Crippen LogP contribution < -0.4 is 4.74 Å². The van der Waals surface area contributed by atoms with Crippen LogP contribution in [0.3, 0.4) is 0 Å². The summed E-state index contributed by atoms with van der Waals surface area (Å²) in [4.78, 5) is 4.01. The average Bonchev–Trinajstić information content (AvgIpc) is 2.34. The summed E-state index contributed by atoms with van der Waals surface area (Å²) in [7, 11) is 0. The Bertz CT molecular complexity index is 555. The molecule has 0 aliphatic heterocycles. The summed E-state index contributed by atoms with van der Waals surface area (Å²) in [5, 5.41) is 9.45. The van der Waals surface area contributed by atoms with Crippen LogP contribution in [0.1, 0.15) is 24.2 Å². The highest BCUT2D eigenvalue weighted by Crippen LogP contribution is 2.23. The van der Waals surface area contributed by atoms with E-state index in [1.807, 2.05) is 0 Å². The van der Waals surface area contributed by atoms with Crippen molar-refractivity contribution in [3.05, 3.63) is 53.5 Å². The van der Waals surface area contributed by atoms with Crippen molar-refractivity contribution in [3.63, 3.8) is 0 Å². The Morgan fingerprint density at radius 1 is 1.28 bits per heavy atom. The van der Waals surface area contributed by atoms with Gasteiger partial charge in [-0.05, 0) is 37.1 Å². The maximum Gasteiger partial charge on any atom is 0.219 e. The second-order valence-corrected chi connectivity index (χ2v) is 4.12. The van der Waals surface area contributed by atoms with Crippen molar-refractivity contribution >= 4 is 0 Å². The van der Waals surface area contributed by atoms with Crippen LogP contribution in [0.25, 0.3) is 0 Å². The first-order valence-electron chi connectivity index (χ1n) is 5.64. The number of pyridine rings is 1. The maximum atomic E-state index is 13.3. The van der Waals surface area contributed by atoms with E-state index < -0.39 is 6.10 Å². The van der Waals surface area contributed by atoms with Crippen LogP contribution in [-0.2, 0) is 0 Å². The second kappa shape index (κ2) is 5.14. The van der Waals surface area contributed by atoms with Gasteiger partial charge in [-0.3, -0.25) is 0 Å². The molecule has 1 aromatic carbocycles. The van der Waals surface area contributed by atoms with Crippen LogP contribution in [0.2, 0.25) is 0 Å². The van der Waals surface area contributed by atoms with E-state index in [-0.39, 0.29) is 5.82 Å². The second-order valence-electron chi connectivity index (χ2n) is 4.12. The van der Waals surface area contributed by atoms with E-state index in [0.717, 1.165) is 0 Å². The van der Waals surface area contributed by atoms with Gasteiger partial charge in [0.2, 0.25) is 5.88 Å². The number of benzene rings is 1. The number of aliphatic hydroxyl groups excluding tert-OH is 1. The number of nitrogens with zero attached hydrogens (tertiary/aromatic N) is 1. The van der Waals surface area contributed by atoms with Gasteiger partial charge in [0.05, 0.1) is 6.10 Å². The molecule has 0 aliphatic carbocycles. The Kier molecular flexibility index (Phi) is 3.58. The van der Waals surface area contributed by atoms with E-state index in [1.54, 1.807) is 44.3 Å². The van der Waals surface area contributed by atoms with Gasteiger partial charge in [-0.1, -0.05) is 6.07 Å². The van der Waals surface area contributed by atoms with Crippen LogP contribution in [0.15, 0.2) is 36.5 Å². The molecule has 1 atom stereocenters. The Morgan fingerprint density at radius 2 is 2.06 bits per heavy atom. The summed E-state index contributed by atoms with van der Waals surface area (Å²) >= 11 is 0. The topological polar surface area (TPSA) is 42.4 Å². The minimum absolute atomic E-state index is 0.320. The number of halogens is 1. The molecule has 1 N–H and O–H groups in total. The molecule has 0 amide bonds. The number of aryl methyl sites for hydroxylation is 1. The molecule has 0 saturated heterocycles. The lowest BCUT2D eigenvalue weighted by molar-refractivity contribution is 0.198. The third-order valence-electron chi connectivity index (χ3n) is 2.61. The van der Waals surface area contributed by atoms with E-state index in [4.69, 9.17) is 4.74 Å². The van der Waals surface area contributed by atoms with Crippen molar-refractivity contribution in [1.29, 1.82) is 0 Å². The number of rotatable bonds is 3. The highest BCUT2D eigenvalue weighted by molar-refractivity contribution is 5.32. The van der Waals surface area contributed by atoms with Crippen LogP contribution in [0.5, 0.6) is 11.6 Å². The molecular weight excluding hydrogens is 233 g/mol. The quantitative estimate of drug-likeness (QED) is 0.904. The highest BCUT2D eigenvalue weighted by atomic mass is 19.1. The molecule has 0 aliphatic rings. The molecule has 4 heteroatoms.